The summed E-state index contributed by atoms with van der Waals surface area (Å²) in [7, 11) is 2.26. The molecule has 2 unspecified atom stereocenters. The summed E-state index contributed by atoms with van der Waals surface area (Å²) in [5, 5.41) is 0. The molecule has 0 aromatic heterocycles. The molecule has 2 aliphatic heterocycles. The molecule has 2 heterocycles. The summed E-state index contributed by atoms with van der Waals surface area (Å²) in [6.07, 6.45) is 1.52. The van der Waals surface area contributed by atoms with Crippen molar-refractivity contribution in [2.24, 2.45) is 23.7 Å². The van der Waals surface area contributed by atoms with Crippen molar-refractivity contribution in [2.75, 3.05) is 20.1 Å². The van der Waals surface area contributed by atoms with Crippen LogP contribution in [0.5, 0.6) is 0 Å². The Morgan fingerprint density at radius 1 is 1.18 bits per heavy atom. The predicted octanol–water partition coefficient (Wildman–Crippen LogP) is 1.84. The van der Waals surface area contributed by atoms with Crippen LogP contribution in [-0.2, 0) is 0 Å². The van der Waals surface area contributed by atoms with E-state index in [4.69, 9.17) is 0 Å². The summed E-state index contributed by atoms with van der Waals surface area (Å²) in [5.41, 5.74) is 0. The normalized spacial score (nSPS) is 44.2. The minimum Gasteiger partial charge on any atom is -0.306 e. The van der Waals surface area contributed by atoms with Gasteiger partial charge in [0.2, 0.25) is 0 Å². The second-order valence-electron chi connectivity index (χ2n) is 4.80. The molecule has 0 aromatic rings. The van der Waals surface area contributed by atoms with E-state index in [1.54, 1.807) is 0 Å². The Bertz CT molecular complexity index is 141. The van der Waals surface area contributed by atoms with Crippen LogP contribution in [0.4, 0.5) is 0 Å². The summed E-state index contributed by atoms with van der Waals surface area (Å²) in [5.74, 6) is 4.07. The molecule has 2 saturated heterocycles. The highest BCUT2D eigenvalue weighted by atomic mass is 15.1. The van der Waals surface area contributed by atoms with Crippen LogP contribution < -0.4 is 0 Å². The predicted molar refractivity (Wildman–Crippen MR) is 47.4 cm³/mol. The third-order valence-electron chi connectivity index (χ3n) is 3.56. The lowest BCUT2D eigenvalue weighted by atomic mass is 9.58. The molecule has 3 atom stereocenters. The molecular weight excluding hydrogens is 134 g/mol. The molecule has 2 bridgehead atoms. The highest BCUT2D eigenvalue weighted by Gasteiger charge is 2.46. The van der Waals surface area contributed by atoms with Gasteiger partial charge in [-0.2, -0.15) is 0 Å². The standard InChI is InChI=1S/C10H19N/c1-7(2)10-8-4-9(10)6-11(3)5-8/h7-10H,4-6H2,1-3H3/t8-,9?,10?/m0/s1. The average molecular weight is 153 g/mol. The van der Waals surface area contributed by atoms with Crippen molar-refractivity contribution in [1.82, 2.24) is 4.90 Å². The van der Waals surface area contributed by atoms with Gasteiger partial charge in [-0.1, -0.05) is 13.8 Å². The lowest BCUT2D eigenvalue weighted by Gasteiger charge is -2.54. The Kier molecular flexibility index (Phi) is 1.71. The van der Waals surface area contributed by atoms with Crippen molar-refractivity contribution in [3.8, 4) is 0 Å². The molecule has 1 aliphatic carbocycles. The monoisotopic (exact) mass is 153 g/mol. The van der Waals surface area contributed by atoms with Crippen LogP contribution in [0.25, 0.3) is 0 Å². The van der Waals surface area contributed by atoms with Crippen molar-refractivity contribution >= 4 is 0 Å². The van der Waals surface area contributed by atoms with Crippen molar-refractivity contribution < 1.29 is 0 Å². The van der Waals surface area contributed by atoms with Crippen molar-refractivity contribution in [1.29, 1.82) is 0 Å². The first-order valence-corrected chi connectivity index (χ1v) is 4.87. The van der Waals surface area contributed by atoms with E-state index in [1.807, 2.05) is 0 Å². The van der Waals surface area contributed by atoms with Gasteiger partial charge < -0.3 is 4.90 Å². The Morgan fingerprint density at radius 2 is 1.73 bits per heavy atom. The first kappa shape index (κ1) is 7.60. The van der Waals surface area contributed by atoms with Gasteiger partial charge >= 0.3 is 0 Å². The summed E-state index contributed by atoms with van der Waals surface area (Å²) in [6, 6.07) is 0. The molecule has 0 radical (unpaired) electrons. The molecule has 0 aromatic carbocycles. The van der Waals surface area contributed by atoms with Crippen molar-refractivity contribution in [3.05, 3.63) is 0 Å². The lowest BCUT2D eigenvalue weighted by molar-refractivity contribution is -0.0565. The van der Waals surface area contributed by atoms with E-state index in [9.17, 15) is 0 Å². The van der Waals surface area contributed by atoms with Crippen LogP contribution in [0.1, 0.15) is 20.3 Å². The second-order valence-corrected chi connectivity index (χ2v) is 4.80. The minimum absolute atomic E-state index is 0.924. The number of rotatable bonds is 1. The largest absolute Gasteiger partial charge is 0.306 e. The molecular formula is C10H19N. The van der Waals surface area contributed by atoms with E-state index in [1.165, 1.54) is 19.5 Å². The zero-order valence-corrected chi connectivity index (χ0v) is 7.88. The molecule has 1 heteroatoms. The molecule has 0 N–H and O–H groups in total. The fraction of sp³-hybridized carbons (Fsp3) is 1.00. The molecule has 0 amide bonds. The Balaban J connectivity index is 1.98. The number of fused-ring (bicyclic) bond motifs is 2. The van der Waals surface area contributed by atoms with Crippen LogP contribution >= 0.6 is 0 Å². The van der Waals surface area contributed by atoms with Crippen molar-refractivity contribution in [3.63, 3.8) is 0 Å². The van der Waals surface area contributed by atoms with Gasteiger partial charge in [-0.05, 0) is 37.1 Å². The summed E-state index contributed by atoms with van der Waals surface area (Å²) in [4.78, 5) is 2.50. The van der Waals surface area contributed by atoms with Crippen LogP contribution in [0.3, 0.4) is 0 Å². The van der Waals surface area contributed by atoms with Gasteiger partial charge in [0.05, 0.1) is 0 Å². The summed E-state index contributed by atoms with van der Waals surface area (Å²) in [6.45, 7) is 7.49. The molecule has 11 heavy (non-hydrogen) atoms. The number of piperidine rings is 2. The van der Waals surface area contributed by atoms with Crippen LogP contribution in [-0.4, -0.2) is 25.0 Å². The van der Waals surface area contributed by atoms with E-state index in [-0.39, 0.29) is 0 Å². The first-order valence-electron chi connectivity index (χ1n) is 4.87. The van der Waals surface area contributed by atoms with E-state index in [2.05, 4.69) is 25.8 Å². The quantitative estimate of drug-likeness (QED) is 0.555. The van der Waals surface area contributed by atoms with Crippen LogP contribution in [0, 0.1) is 23.7 Å². The third kappa shape index (κ3) is 1.10. The molecule has 3 rings (SSSR count). The van der Waals surface area contributed by atoms with Gasteiger partial charge in [-0.15, -0.1) is 0 Å². The minimum atomic E-state index is 0.924. The Morgan fingerprint density at radius 3 is 2.18 bits per heavy atom. The maximum absolute atomic E-state index is 2.50. The van der Waals surface area contributed by atoms with Crippen molar-refractivity contribution in [2.45, 2.75) is 20.3 Å². The third-order valence-corrected chi connectivity index (χ3v) is 3.56. The van der Waals surface area contributed by atoms with Gasteiger partial charge in [0.25, 0.3) is 0 Å². The van der Waals surface area contributed by atoms with Crippen LogP contribution in [0.2, 0.25) is 0 Å². The highest BCUT2D eigenvalue weighted by Crippen LogP contribution is 2.48. The van der Waals surface area contributed by atoms with Gasteiger partial charge in [0.1, 0.15) is 0 Å². The fourth-order valence-corrected chi connectivity index (χ4v) is 3.25. The average Bonchev–Trinajstić information content (AvgIpc) is 1.84. The fourth-order valence-electron chi connectivity index (χ4n) is 3.25. The Labute approximate surface area is 69.8 Å². The molecule has 1 saturated carbocycles. The number of hydrogen-bond donors (Lipinski definition) is 0. The van der Waals surface area contributed by atoms with Gasteiger partial charge in [-0.3, -0.25) is 0 Å². The SMILES string of the molecule is CC(C)C1C2C[C@H]1CN(C)C2. The number of hydrogen-bond acceptors (Lipinski definition) is 1. The smallest absolute Gasteiger partial charge is 0.000970 e. The van der Waals surface area contributed by atoms with Crippen LogP contribution in [0.15, 0.2) is 0 Å². The molecule has 3 fully saturated rings. The molecule has 0 spiro atoms. The molecule has 64 valence electrons. The van der Waals surface area contributed by atoms with E-state index in [0.717, 1.165) is 23.7 Å². The first-order chi connectivity index (χ1) is 5.18. The highest BCUT2D eigenvalue weighted by molar-refractivity contribution is 4.97. The molecule has 1 nitrogen and oxygen atoms in total. The van der Waals surface area contributed by atoms with Gasteiger partial charge in [0, 0.05) is 13.1 Å². The van der Waals surface area contributed by atoms with E-state index < -0.39 is 0 Å². The maximum Gasteiger partial charge on any atom is 0.000970 e. The second kappa shape index (κ2) is 2.48. The van der Waals surface area contributed by atoms with Gasteiger partial charge in [-0.25, -0.2) is 0 Å². The summed E-state index contributed by atoms with van der Waals surface area (Å²) >= 11 is 0. The zero-order chi connectivity index (χ0) is 8.01. The lowest BCUT2D eigenvalue weighted by Crippen LogP contribution is -2.55. The zero-order valence-electron chi connectivity index (χ0n) is 7.88. The summed E-state index contributed by atoms with van der Waals surface area (Å²) < 4.78 is 0. The van der Waals surface area contributed by atoms with Gasteiger partial charge in [0.15, 0.2) is 0 Å². The van der Waals surface area contributed by atoms with E-state index in [0.29, 0.717) is 0 Å². The maximum atomic E-state index is 2.50. The molecule has 3 aliphatic rings. The topological polar surface area (TPSA) is 3.24 Å². The van der Waals surface area contributed by atoms with E-state index >= 15 is 0 Å². The Hall–Kier alpha value is -0.0400. The number of nitrogens with zero attached hydrogens (tertiary/aromatic N) is 1.